The second kappa shape index (κ2) is 7.30. The first-order chi connectivity index (χ1) is 11.5. The molecule has 2 aromatic rings. The number of para-hydroxylation sites is 1. The summed E-state index contributed by atoms with van der Waals surface area (Å²) in [6.45, 7) is -0.109. The molecular formula is C17H11N3O3S. The van der Waals surface area contributed by atoms with Crippen LogP contribution >= 0.6 is 0 Å². The molecular weight excluding hydrogens is 326 g/mol. The Kier molecular flexibility index (Phi) is 5.19. The molecule has 2 rings (SSSR count). The number of sulfonamides is 1. The average molecular weight is 337 g/mol. The van der Waals surface area contributed by atoms with E-state index in [2.05, 4.69) is 10.6 Å². The van der Waals surface area contributed by atoms with Crippen molar-refractivity contribution < 1.29 is 13.2 Å². The van der Waals surface area contributed by atoms with E-state index in [0.717, 1.165) is 0 Å². The molecule has 0 aliphatic heterocycles. The monoisotopic (exact) mass is 337 g/mol. The summed E-state index contributed by atoms with van der Waals surface area (Å²) < 4.78 is 31.7. The molecule has 0 radical (unpaired) electrons. The summed E-state index contributed by atoms with van der Waals surface area (Å²) in [6.07, 6.45) is 5.03. The van der Waals surface area contributed by atoms with Crippen LogP contribution in [0.1, 0.15) is 11.1 Å². The van der Waals surface area contributed by atoms with E-state index in [1.807, 2.05) is 12.1 Å². The number of ether oxygens (including phenoxy) is 1. The van der Waals surface area contributed by atoms with Gasteiger partial charge in [0.2, 0.25) is 10.0 Å². The topological polar surface area (TPSA) is 103 Å². The van der Waals surface area contributed by atoms with Crippen molar-refractivity contribution in [2.24, 2.45) is 0 Å². The Morgan fingerprint density at radius 2 is 1.62 bits per heavy atom. The standard InChI is InChI=1S/C17H11N3O3S/c1-2-10-20-24(21,22)16-8-6-15(7-9-16)23-17-13(11-18)4-3-5-14(17)12-19/h1,3-9,20H,10H2. The van der Waals surface area contributed by atoms with Crippen molar-refractivity contribution in [1.82, 2.24) is 4.72 Å². The largest absolute Gasteiger partial charge is 0.455 e. The first kappa shape index (κ1) is 17.1. The van der Waals surface area contributed by atoms with Gasteiger partial charge in [0.05, 0.1) is 22.6 Å². The minimum absolute atomic E-state index is 0.0270. The summed E-state index contributed by atoms with van der Waals surface area (Å²) in [6, 6.07) is 14.1. The van der Waals surface area contributed by atoms with E-state index in [1.54, 1.807) is 6.07 Å². The number of benzene rings is 2. The molecule has 0 aromatic heterocycles. The van der Waals surface area contributed by atoms with E-state index in [-0.39, 0.29) is 28.3 Å². The molecule has 118 valence electrons. The van der Waals surface area contributed by atoms with Crippen LogP contribution in [0.5, 0.6) is 11.5 Å². The predicted octanol–water partition coefficient (Wildman–Crippen LogP) is 2.13. The third-order valence-electron chi connectivity index (χ3n) is 2.97. The van der Waals surface area contributed by atoms with E-state index < -0.39 is 10.0 Å². The minimum Gasteiger partial charge on any atom is -0.455 e. The van der Waals surface area contributed by atoms with Crippen LogP contribution in [0, 0.1) is 35.0 Å². The summed E-state index contributed by atoms with van der Waals surface area (Å²) in [5, 5.41) is 18.2. The second-order valence-electron chi connectivity index (χ2n) is 4.51. The normalized spacial score (nSPS) is 10.2. The van der Waals surface area contributed by atoms with Gasteiger partial charge in [0.25, 0.3) is 0 Å². The van der Waals surface area contributed by atoms with Gasteiger partial charge in [0.15, 0.2) is 5.75 Å². The highest BCUT2D eigenvalue weighted by Crippen LogP contribution is 2.29. The maximum atomic E-state index is 11.9. The molecule has 7 heteroatoms. The third kappa shape index (κ3) is 3.71. The first-order valence-corrected chi connectivity index (χ1v) is 8.14. The molecule has 0 unspecified atom stereocenters. The van der Waals surface area contributed by atoms with Crippen molar-refractivity contribution in [1.29, 1.82) is 10.5 Å². The van der Waals surface area contributed by atoms with Gasteiger partial charge in [-0.15, -0.1) is 6.42 Å². The maximum Gasteiger partial charge on any atom is 0.241 e. The molecule has 0 heterocycles. The fourth-order valence-electron chi connectivity index (χ4n) is 1.85. The van der Waals surface area contributed by atoms with Crippen molar-refractivity contribution in [3.8, 4) is 36.0 Å². The molecule has 0 fully saturated rings. The number of rotatable bonds is 5. The van der Waals surface area contributed by atoms with Gasteiger partial charge < -0.3 is 4.74 Å². The van der Waals surface area contributed by atoms with Crippen LogP contribution < -0.4 is 9.46 Å². The van der Waals surface area contributed by atoms with Crippen molar-refractivity contribution >= 4 is 10.0 Å². The minimum atomic E-state index is -3.69. The molecule has 24 heavy (non-hydrogen) atoms. The van der Waals surface area contributed by atoms with E-state index in [1.165, 1.54) is 36.4 Å². The summed E-state index contributed by atoms with van der Waals surface area (Å²) in [5.41, 5.74) is 0.419. The Balaban J connectivity index is 2.30. The average Bonchev–Trinajstić information content (AvgIpc) is 2.60. The van der Waals surface area contributed by atoms with Crippen LogP contribution in [0.25, 0.3) is 0 Å². The lowest BCUT2D eigenvalue weighted by Crippen LogP contribution is -2.23. The SMILES string of the molecule is C#CCNS(=O)(=O)c1ccc(Oc2c(C#N)cccc2C#N)cc1. The van der Waals surface area contributed by atoms with Crippen molar-refractivity contribution in [3.63, 3.8) is 0 Å². The molecule has 0 aliphatic rings. The number of hydrogen-bond acceptors (Lipinski definition) is 5. The first-order valence-electron chi connectivity index (χ1n) is 6.66. The molecule has 2 aromatic carbocycles. The Morgan fingerprint density at radius 3 is 2.12 bits per heavy atom. The van der Waals surface area contributed by atoms with Crippen molar-refractivity contribution in [2.45, 2.75) is 4.90 Å². The highest BCUT2D eigenvalue weighted by Gasteiger charge is 2.14. The van der Waals surface area contributed by atoms with Crippen LogP contribution in [0.15, 0.2) is 47.4 Å². The molecule has 0 bridgehead atoms. The summed E-state index contributed by atoms with van der Waals surface area (Å²) in [4.78, 5) is 0.0270. The van der Waals surface area contributed by atoms with Gasteiger partial charge in [-0.3, -0.25) is 0 Å². The lowest BCUT2D eigenvalue weighted by atomic mass is 10.1. The van der Waals surface area contributed by atoms with Gasteiger partial charge in [-0.1, -0.05) is 12.0 Å². The fraction of sp³-hybridized carbons (Fsp3) is 0.0588. The number of terminal acetylenes is 1. The maximum absolute atomic E-state index is 11.9. The van der Waals surface area contributed by atoms with Crippen LogP contribution in [-0.2, 0) is 10.0 Å². The quantitative estimate of drug-likeness (QED) is 0.842. The van der Waals surface area contributed by atoms with E-state index in [9.17, 15) is 8.42 Å². The Labute approximate surface area is 140 Å². The van der Waals surface area contributed by atoms with Gasteiger partial charge in [0.1, 0.15) is 17.9 Å². The van der Waals surface area contributed by atoms with Crippen molar-refractivity contribution in [2.75, 3.05) is 6.54 Å². The number of nitrogens with one attached hydrogen (secondary N) is 1. The van der Waals surface area contributed by atoms with Crippen molar-refractivity contribution in [3.05, 3.63) is 53.6 Å². The third-order valence-corrected chi connectivity index (χ3v) is 4.39. The molecule has 0 aliphatic carbocycles. The van der Waals surface area contributed by atoms with Gasteiger partial charge in [-0.2, -0.15) is 15.2 Å². The number of hydrogen-bond donors (Lipinski definition) is 1. The van der Waals surface area contributed by atoms with Gasteiger partial charge >= 0.3 is 0 Å². The molecule has 0 saturated heterocycles. The molecule has 6 nitrogen and oxygen atoms in total. The smallest absolute Gasteiger partial charge is 0.241 e. The number of nitrogens with zero attached hydrogens (tertiary/aromatic N) is 2. The van der Waals surface area contributed by atoms with Crippen LogP contribution in [-0.4, -0.2) is 15.0 Å². The molecule has 0 atom stereocenters. The van der Waals surface area contributed by atoms with Crippen LogP contribution in [0.4, 0.5) is 0 Å². The second-order valence-corrected chi connectivity index (χ2v) is 6.27. The van der Waals surface area contributed by atoms with Crippen LogP contribution in [0.2, 0.25) is 0 Å². The highest BCUT2D eigenvalue weighted by atomic mass is 32.2. The fourth-order valence-corrected chi connectivity index (χ4v) is 2.78. The number of nitriles is 2. The molecule has 0 saturated carbocycles. The van der Waals surface area contributed by atoms with Gasteiger partial charge in [-0.25, -0.2) is 8.42 Å². The zero-order chi connectivity index (χ0) is 17.6. The molecule has 0 spiro atoms. The lowest BCUT2D eigenvalue weighted by molar-refractivity contribution is 0.479. The molecule has 1 N–H and O–H groups in total. The summed E-state index contributed by atoms with van der Waals surface area (Å²) >= 11 is 0. The Hall–Kier alpha value is -3.31. The van der Waals surface area contributed by atoms with E-state index >= 15 is 0 Å². The summed E-state index contributed by atoms with van der Waals surface area (Å²) in [7, 11) is -3.69. The molecule has 0 amide bonds. The lowest BCUT2D eigenvalue weighted by Gasteiger charge is -2.10. The highest BCUT2D eigenvalue weighted by molar-refractivity contribution is 7.89. The summed E-state index contributed by atoms with van der Waals surface area (Å²) in [5.74, 6) is 2.61. The Morgan fingerprint density at radius 1 is 1.04 bits per heavy atom. The van der Waals surface area contributed by atoms with E-state index in [0.29, 0.717) is 5.75 Å². The van der Waals surface area contributed by atoms with E-state index in [4.69, 9.17) is 21.7 Å². The van der Waals surface area contributed by atoms with Gasteiger partial charge in [0, 0.05) is 0 Å². The zero-order valence-electron chi connectivity index (χ0n) is 12.4. The zero-order valence-corrected chi connectivity index (χ0v) is 13.2. The van der Waals surface area contributed by atoms with Crippen LogP contribution in [0.3, 0.4) is 0 Å². The predicted molar refractivity (Wildman–Crippen MR) is 86.4 cm³/mol. The van der Waals surface area contributed by atoms with Gasteiger partial charge in [-0.05, 0) is 36.4 Å². The Bertz CT molecular complexity index is 943.